The zero-order chi connectivity index (χ0) is 21.3. The number of hydrogen-bond donors (Lipinski definition) is 1. The van der Waals surface area contributed by atoms with Gasteiger partial charge in [-0.25, -0.2) is 0 Å². The molecule has 2 aromatic carbocycles. The van der Waals surface area contributed by atoms with Crippen molar-refractivity contribution in [2.45, 2.75) is 32.4 Å². The van der Waals surface area contributed by atoms with Crippen LogP contribution in [0.1, 0.15) is 35.7 Å². The number of carbonyl (C=O) groups excluding carboxylic acids is 2. The summed E-state index contributed by atoms with van der Waals surface area (Å²) in [5, 5.41) is 3.49. The lowest BCUT2D eigenvalue weighted by Gasteiger charge is -2.22. The van der Waals surface area contributed by atoms with Gasteiger partial charge in [-0.3, -0.25) is 9.59 Å². The molecule has 1 heterocycles. The minimum absolute atomic E-state index is 0.0248. The van der Waals surface area contributed by atoms with Crippen molar-refractivity contribution in [1.29, 1.82) is 0 Å². The lowest BCUT2D eigenvalue weighted by Crippen LogP contribution is -2.40. The second kappa shape index (κ2) is 11.0. The first kappa shape index (κ1) is 22.1. The summed E-state index contributed by atoms with van der Waals surface area (Å²) in [5.41, 5.74) is 1.39. The number of para-hydroxylation sites is 1. The Hall–Kier alpha value is -2.57. The first-order chi connectivity index (χ1) is 14.6. The summed E-state index contributed by atoms with van der Waals surface area (Å²) in [6.07, 6.45) is 2.06. The Morgan fingerprint density at radius 3 is 2.67 bits per heavy atom. The molecule has 0 radical (unpaired) electrons. The third-order valence-electron chi connectivity index (χ3n) is 4.97. The number of ether oxygens (including phenoxy) is 2. The second-order valence-electron chi connectivity index (χ2n) is 7.16. The van der Waals surface area contributed by atoms with Crippen LogP contribution >= 0.6 is 11.6 Å². The number of halogens is 1. The molecular formula is C23H27ClN2O4. The number of rotatable bonds is 9. The highest BCUT2D eigenvalue weighted by Crippen LogP contribution is 2.22. The molecule has 0 bridgehead atoms. The lowest BCUT2D eigenvalue weighted by molar-refractivity contribution is -0.121. The molecule has 6 nitrogen and oxygen atoms in total. The van der Waals surface area contributed by atoms with Crippen molar-refractivity contribution in [3.8, 4) is 5.75 Å². The molecule has 0 spiro atoms. The van der Waals surface area contributed by atoms with E-state index in [0.29, 0.717) is 36.0 Å². The Bertz CT molecular complexity index is 851. The molecule has 1 N–H and O–H groups in total. The van der Waals surface area contributed by atoms with Crippen LogP contribution in [0, 0.1) is 0 Å². The van der Waals surface area contributed by atoms with Gasteiger partial charge in [-0.15, -0.1) is 0 Å². The lowest BCUT2D eigenvalue weighted by atomic mass is 10.1. The van der Waals surface area contributed by atoms with Gasteiger partial charge in [0.1, 0.15) is 12.4 Å². The van der Waals surface area contributed by atoms with E-state index in [1.165, 1.54) is 4.90 Å². The SMILES string of the molecule is CCN(CC(=O)NCc1ccc(Cl)cc1)C(=O)c1ccccc1OCC1CCCO1. The van der Waals surface area contributed by atoms with E-state index in [-0.39, 0.29) is 24.5 Å². The van der Waals surface area contributed by atoms with Gasteiger partial charge < -0.3 is 19.7 Å². The van der Waals surface area contributed by atoms with Crippen LogP contribution in [0.5, 0.6) is 5.75 Å². The van der Waals surface area contributed by atoms with Gasteiger partial charge in [0.2, 0.25) is 5.91 Å². The molecule has 1 aliphatic heterocycles. The molecule has 0 aliphatic carbocycles. The molecule has 1 aliphatic rings. The third-order valence-corrected chi connectivity index (χ3v) is 5.22. The monoisotopic (exact) mass is 430 g/mol. The van der Waals surface area contributed by atoms with Crippen molar-refractivity contribution in [1.82, 2.24) is 10.2 Å². The highest BCUT2D eigenvalue weighted by atomic mass is 35.5. The summed E-state index contributed by atoms with van der Waals surface area (Å²) >= 11 is 5.88. The number of carbonyl (C=O) groups is 2. The fourth-order valence-electron chi connectivity index (χ4n) is 3.26. The van der Waals surface area contributed by atoms with E-state index in [9.17, 15) is 9.59 Å². The molecule has 7 heteroatoms. The van der Waals surface area contributed by atoms with E-state index >= 15 is 0 Å². The number of nitrogens with one attached hydrogen (secondary N) is 1. The normalized spacial score (nSPS) is 15.6. The summed E-state index contributed by atoms with van der Waals surface area (Å²) in [5.74, 6) is 0.0537. The van der Waals surface area contributed by atoms with E-state index in [4.69, 9.17) is 21.1 Å². The topological polar surface area (TPSA) is 67.9 Å². The molecule has 1 fully saturated rings. The molecule has 2 amide bonds. The molecule has 1 atom stereocenters. The number of hydrogen-bond acceptors (Lipinski definition) is 4. The zero-order valence-electron chi connectivity index (χ0n) is 17.1. The van der Waals surface area contributed by atoms with Crippen molar-refractivity contribution in [2.24, 2.45) is 0 Å². The first-order valence-corrected chi connectivity index (χ1v) is 10.6. The van der Waals surface area contributed by atoms with Crippen molar-refractivity contribution in [2.75, 3.05) is 26.3 Å². The quantitative estimate of drug-likeness (QED) is 0.659. The second-order valence-corrected chi connectivity index (χ2v) is 7.60. The Balaban J connectivity index is 1.58. The molecular weight excluding hydrogens is 404 g/mol. The largest absolute Gasteiger partial charge is 0.490 e. The highest BCUT2D eigenvalue weighted by molar-refractivity contribution is 6.30. The van der Waals surface area contributed by atoms with Crippen molar-refractivity contribution in [3.63, 3.8) is 0 Å². The Kier molecular flexibility index (Phi) is 8.11. The summed E-state index contributed by atoms with van der Waals surface area (Å²) in [6.45, 7) is 3.78. The van der Waals surface area contributed by atoms with Crippen LogP contribution in [-0.4, -0.2) is 49.1 Å². The number of benzene rings is 2. The molecule has 160 valence electrons. The summed E-state index contributed by atoms with van der Waals surface area (Å²) in [4.78, 5) is 27.0. The van der Waals surface area contributed by atoms with Gasteiger partial charge in [-0.2, -0.15) is 0 Å². The Morgan fingerprint density at radius 1 is 1.20 bits per heavy atom. The fourth-order valence-corrected chi connectivity index (χ4v) is 3.38. The maximum Gasteiger partial charge on any atom is 0.258 e. The molecule has 2 aromatic rings. The van der Waals surface area contributed by atoms with Crippen molar-refractivity contribution in [3.05, 3.63) is 64.7 Å². The van der Waals surface area contributed by atoms with Crippen molar-refractivity contribution < 1.29 is 19.1 Å². The molecule has 0 aromatic heterocycles. The highest BCUT2D eigenvalue weighted by Gasteiger charge is 2.22. The van der Waals surface area contributed by atoms with Crippen LogP contribution < -0.4 is 10.1 Å². The molecule has 1 unspecified atom stereocenters. The molecule has 0 saturated carbocycles. The van der Waals surface area contributed by atoms with Crippen LogP contribution in [0.4, 0.5) is 0 Å². The van der Waals surface area contributed by atoms with Gasteiger partial charge in [-0.1, -0.05) is 35.9 Å². The smallest absolute Gasteiger partial charge is 0.258 e. The molecule has 30 heavy (non-hydrogen) atoms. The van der Waals surface area contributed by atoms with Crippen LogP contribution in [0.3, 0.4) is 0 Å². The van der Waals surface area contributed by atoms with Crippen LogP contribution in [0.25, 0.3) is 0 Å². The van der Waals surface area contributed by atoms with E-state index in [1.807, 2.05) is 25.1 Å². The van der Waals surface area contributed by atoms with Crippen LogP contribution in [-0.2, 0) is 16.1 Å². The average molecular weight is 431 g/mol. The van der Waals surface area contributed by atoms with Gasteiger partial charge in [-0.05, 0) is 49.6 Å². The Morgan fingerprint density at radius 2 is 1.97 bits per heavy atom. The zero-order valence-corrected chi connectivity index (χ0v) is 17.9. The van der Waals surface area contributed by atoms with Gasteiger partial charge >= 0.3 is 0 Å². The van der Waals surface area contributed by atoms with Gasteiger partial charge in [0.25, 0.3) is 5.91 Å². The minimum atomic E-state index is -0.234. The first-order valence-electron chi connectivity index (χ1n) is 10.2. The predicted molar refractivity (Wildman–Crippen MR) is 116 cm³/mol. The van der Waals surface area contributed by atoms with E-state index in [2.05, 4.69) is 5.32 Å². The maximum absolute atomic E-state index is 13.1. The maximum atomic E-state index is 13.1. The molecule has 1 saturated heterocycles. The summed E-state index contributed by atoms with van der Waals surface area (Å²) < 4.78 is 11.5. The number of amides is 2. The van der Waals surface area contributed by atoms with E-state index < -0.39 is 0 Å². The molecule has 3 rings (SSSR count). The minimum Gasteiger partial charge on any atom is -0.490 e. The fraction of sp³-hybridized carbons (Fsp3) is 0.391. The van der Waals surface area contributed by atoms with Crippen LogP contribution in [0.15, 0.2) is 48.5 Å². The van der Waals surface area contributed by atoms with Gasteiger partial charge in [0.15, 0.2) is 0 Å². The standard InChI is InChI=1S/C23H27ClN2O4/c1-2-26(15-22(27)25-14-17-9-11-18(24)12-10-17)23(28)20-7-3-4-8-21(20)30-16-19-6-5-13-29-19/h3-4,7-12,19H,2,5-6,13-16H2,1H3,(H,25,27). The predicted octanol–water partition coefficient (Wildman–Crippen LogP) is 3.68. The summed E-state index contributed by atoms with van der Waals surface area (Å²) in [7, 11) is 0. The van der Waals surface area contributed by atoms with Crippen molar-refractivity contribution >= 4 is 23.4 Å². The Labute approximate surface area is 182 Å². The third kappa shape index (κ3) is 6.21. The van der Waals surface area contributed by atoms with Gasteiger partial charge in [0.05, 0.1) is 18.2 Å². The number of likely N-dealkylation sites (N-methyl/N-ethyl adjacent to an activating group) is 1. The van der Waals surface area contributed by atoms with Gasteiger partial charge in [0, 0.05) is 24.7 Å². The van der Waals surface area contributed by atoms with E-state index in [1.54, 1.807) is 30.3 Å². The average Bonchev–Trinajstić information content (AvgIpc) is 3.29. The number of nitrogens with zero attached hydrogens (tertiary/aromatic N) is 1. The van der Waals surface area contributed by atoms with Crippen LogP contribution in [0.2, 0.25) is 5.02 Å². The van der Waals surface area contributed by atoms with E-state index in [0.717, 1.165) is 25.0 Å². The summed E-state index contributed by atoms with van der Waals surface area (Å²) in [6, 6.07) is 14.4.